The largest absolute Gasteiger partial charge is 0.344 e. The Hall–Kier alpha value is -2.08. The summed E-state index contributed by atoms with van der Waals surface area (Å²) in [6.45, 7) is 3.67. The number of hydrogen-bond donors (Lipinski definition) is 2. The molecule has 0 atom stereocenters. The van der Waals surface area contributed by atoms with Gasteiger partial charge in [-0.05, 0) is 24.0 Å². The number of nitrogens with one attached hydrogen (secondary N) is 2. The lowest BCUT2D eigenvalue weighted by molar-refractivity contribution is -0.139. The smallest absolute Gasteiger partial charge is 0.329 e. The van der Waals surface area contributed by atoms with E-state index in [1.807, 2.05) is 30.5 Å². The standard InChI is InChI=1S/C13H15N3O2S/c1-3-8-14-12(17)13(18)16-15-9-10-4-6-11(19-2)7-5-10/h3-7,9H,1,8H2,2H3,(H,14,17)(H,16,18)/b15-9+. The summed E-state index contributed by atoms with van der Waals surface area (Å²) in [6.07, 6.45) is 4.95. The molecule has 0 aromatic heterocycles. The van der Waals surface area contributed by atoms with E-state index in [-0.39, 0.29) is 6.54 Å². The van der Waals surface area contributed by atoms with Gasteiger partial charge in [0, 0.05) is 11.4 Å². The van der Waals surface area contributed by atoms with E-state index in [0.717, 1.165) is 10.5 Å². The summed E-state index contributed by atoms with van der Waals surface area (Å²) in [5, 5.41) is 6.06. The maximum Gasteiger partial charge on any atom is 0.329 e. The number of benzene rings is 1. The van der Waals surface area contributed by atoms with Gasteiger partial charge in [-0.25, -0.2) is 5.43 Å². The second-order valence-electron chi connectivity index (χ2n) is 3.47. The summed E-state index contributed by atoms with van der Waals surface area (Å²) in [5.74, 6) is -1.55. The Morgan fingerprint density at radius 3 is 2.58 bits per heavy atom. The van der Waals surface area contributed by atoms with Gasteiger partial charge >= 0.3 is 11.8 Å². The lowest BCUT2D eigenvalue weighted by Crippen LogP contribution is -2.37. The van der Waals surface area contributed by atoms with E-state index < -0.39 is 11.8 Å². The maximum atomic E-state index is 11.3. The van der Waals surface area contributed by atoms with E-state index in [1.165, 1.54) is 12.3 Å². The Morgan fingerprint density at radius 2 is 2.00 bits per heavy atom. The van der Waals surface area contributed by atoms with Crippen LogP contribution in [0.15, 0.2) is 46.9 Å². The molecule has 0 bridgehead atoms. The van der Waals surface area contributed by atoms with Crippen molar-refractivity contribution in [2.24, 2.45) is 5.10 Å². The predicted octanol–water partition coefficient (Wildman–Crippen LogP) is 1.16. The third-order valence-corrected chi connectivity index (χ3v) is 2.85. The number of rotatable bonds is 5. The minimum absolute atomic E-state index is 0.242. The summed E-state index contributed by atoms with van der Waals surface area (Å²) in [4.78, 5) is 23.6. The van der Waals surface area contributed by atoms with Gasteiger partial charge in [0.1, 0.15) is 0 Å². The van der Waals surface area contributed by atoms with Gasteiger partial charge in [0.2, 0.25) is 0 Å². The lowest BCUT2D eigenvalue weighted by atomic mass is 10.2. The molecular formula is C13H15N3O2S. The molecule has 1 aromatic rings. The van der Waals surface area contributed by atoms with Gasteiger partial charge in [0.05, 0.1) is 6.21 Å². The Balaban J connectivity index is 2.46. The van der Waals surface area contributed by atoms with Gasteiger partial charge in [-0.1, -0.05) is 18.2 Å². The fourth-order valence-corrected chi connectivity index (χ4v) is 1.56. The summed E-state index contributed by atoms with van der Waals surface area (Å²) in [7, 11) is 0. The first-order valence-electron chi connectivity index (χ1n) is 5.53. The van der Waals surface area contributed by atoms with Crippen LogP contribution in [0.25, 0.3) is 0 Å². The fraction of sp³-hybridized carbons (Fsp3) is 0.154. The van der Waals surface area contributed by atoms with Crippen molar-refractivity contribution in [1.29, 1.82) is 0 Å². The zero-order chi connectivity index (χ0) is 14.1. The molecule has 0 heterocycles. The van der Waals surface area contributed by atoms with Crippen molar-refractivity contribution in [3.8, 4) is 0 Å². The SMILES string of the molecule is C=CCNC(=O)C(=O)N/N=C/c1ccc(SC)cc1. The van der Waals surface area contributed by atoms with Crippen molar-refractivity contribution in [2.75, 3.05) is 12.8 Å². The van der Waals surface area contributed by atoms with Crippen LogP contribution in [-0.4, -0.2) is 30.8 Å². The molecule has 0 saturated heterocycles. The zero-order valence-electron chi connectivity index (χ0n) is 10.6. The van der Waals surface area contributed by atoms with Crippen LogP contribution < -0.4 is 10.7 Å². The van der Waals surface area contributed by atoms with Crippen LogP contribution in [0.3, 0.4) is 0 Å². The topological polar surface area (TPSA) is 70.6 Å². The normalized spacial score (nSPS) is 10.2. The molecule has 19 heavy (non-hydrogen) atoms. The van der Waals surface area contributed by atoms with Crippen LogP contribution >= 0.6 is 11.8 Å². The number of amides is 2. The highest BCUT2D eigenvalue weighted by molar-refractivity contribution is 7.98. The molecule has 6 heteroatoms. The van der Waals surface area contributed by atoms with Crippen molar-refractivity contribution in [1.82, 2.24) is 10.7 Å². The molecule has 0 unspecified atom stereocenters. The van der Waals surface area contributed by atoms with Gasteiger partial charge in [0.15, 0.2) is 0 Å². The van der Waals surface area contributed by atoms with Crippen molar-refractivity contribution in [3.05, 3.63) is 42.5 Å². The summed E-state index contributed by atoms with van der Waals surface area (Å²) < 4.78 is 0. The molecule has 1 rings (SSSR count). The van der Waals surface area contributed by atoms with Crippen molar-refractivity contribution in [3.63, 3.8) is 0 Å². The quantitative estimate of drug-likeness (QED) is 0.279. The predicted molar refractivity (Wildman–Crippen MR) is 77.2 cm³/mol. The number of nitrogens with zero attached hydrogens (tertiary/aromatic N) is 1. The molecule has 0 saturated carbocycles. The average Bonchev–Trinajstić information content (AvgIpc) is 2.45. The molecule has 0 radical (unpaired) electrons. The van der Waals surface area contributed by atoms with Crippen molar-refractivity contribution in [2.45, 2.75) is 4.90 Å². The van der Waals surface area contributed by atoms with Crippen LogP contribution in [-0.2, 0) is 9.59 Å². The number of carbonyl (C=O) groups excluding carboxylic acids is 2. The maximum absolute atomic E-state index is 11.3. The molecule has 5 nitrogen and oxygen atoms in total. The molecular weight excluding hydrogens is 262 g/mol. The number of hydrazone groups is 1. The van der Waals surface area contributed by atoms with Crippen LogP contribution in [0.5, 0.6) is 0 Å². The van der Waals surface area contributed by atoms with Crippen LogP contribution in [0, 0.1) is 0 Å². The Bertz CT molecular complexity index is 483. The molecule has 1 aromatic carbocycles. The summed E-state index contributed by atoms with van der Waals surface area (Å²) in [5.41, 5.74) is 2.98. The Labute approximate surface area is 116 Å². The number of carbonyl (C=O) groups is 2. The fourth-order valence-electron chi connectivity index (χ4n) is 1.15. The minimum Gasteiger partial charge on any atom is -0.344 e. The van der Waals surface area contributed by atoms with E-state index in [1.54, 1.807) is 11.8 Å². The highest BCUT2D eigenvalue weighted by Crippen LogP contribution is 2.13. The molecule has 0 aliphatic carbocycles. The van der Waals surface area contributed by atoms with E-state index in [9.17, 15) is 9.59 Å². The van der Waals surface area contributed by atoms with E-state index in [0.29, 0.717) is 0 Å². The van der Waals surface area contributed by atoms with Crippen molar-refractivity contribution < 1.29 is 9.59 Å². The van der Waals surface area contributed by atoms with Crippen molar-refractivity contribution >= 4 is 29.8 Å². The molecule has 0 fully saturated rings. The van der Waals surface area contributed by atoms with Crippen LogP contribution in [0.2, 0.25) is 0 Å². The first-order chi connectivity index (χ1) is 9.17. The third kappa shape index (κ3) is 5.39. The summed E-state index contributed by atoms with van der Waals surface area (Å²) >= 11 is 1.64. The first-order valence-corrected chi connectivity index (χ1v) is 6.76. The van der Waals surface area contributed by atoms with Gasteiger partial charge in [0.25, 0.3) is 0 Å². The Morgan fingerprint density at radius 1 is 1.32 bits per heavy atom. The molecule has 0 aliphatic rings. The zero-order valence-corrected chi connectivity index (χ0v) is 11.4. The molecule has 2 N–H and O–H groups in total. The van der Waals surface area contributed by atoms with Gasteiger partial charge in [-0.2, -0.15) is 5.10 Å². The molecule has 2 amide bonds. The minimum atomic E-state index is -0.807. The van der Waals surface area contributed by atoms with E-state index >= 15 is 0 Å². The lowest BCUT2D eigenvalue weighted by Gasteiger charge is -2.00. The molecule has 0 aliphatic heterocycles. The highest BCUT2D eigenvalue weighted by Gasteiger charge is 2.10. The first kappa shape index (κ1) is 15.0. The molecule has 0 spiro atoms. The van der Waals surface area contributed by atoms with E-state index in [4.69, 9.17) is 0 Å². The highest BCUT2D eigenvalue weighted by atomic mass is 32.2. The van der Waals surface area contributed by atoms with Crippen LogP contribution in [0.1, 0.15) is 5.56 Å². The van der Waals surface area contributed by atoms with E-state index in [2.05, 4.69) is 22.4 Å². The summed E-state index contributed by atoms with van der Waals surface area (Å²) in [6, 6.07) is 7.65. The average molecular weight is 277 g/mol. The van der Waals surface area contributed by atoms with Gasteiger partial charge in [-0.3, -0.25) is 9.59 Å². The van der Waals surface area contributed by atoms with Gasteiger partial charge in [-0.15, -0.1) is 18.3 Å². The van der Waals surface area contributed by atoms with Gasteiger partial charge < -0.3 is 5.32 Å². The monoisotopic (exact) mass is 277 g/mol. The number of hydrogen-bond acceptors (Lipinski definition) is 4. The second-order valence-corrected chi connectivity index (χ2v) is 4.35. The third-order valence-electron chi connectivity index (χ3n) is 2.11. The molecule has 100 valence electrons. The second kappa shape index (κ2) is 8.10. The Kier molecular flexibility index (Phi) is 6.38. The van der Waals surface area contributed by atoms with Crippen LogP contribution in [0.4, 0.5) is 0 Å². The number of thioether (sulfide) groups is 1.